The van der Waals surface area contributed by atoms with Crippen LogP contribution < -0.4 is 0 Å². The summed E-state index contributed by atoms with van der Waals surface area (Å²) in [6, 6.07) is 17.6. The van der Waals surface area contributed by atoms with E-state index in [1.165, 1.54) is 0 Å². The fourth-order valence-electron chi connectivity index (χ4n) is 4.98. The predicted octanol–water partition coefficient (Wildman–Crippen LogP) is 5.35. The van der Waals surface area contributed by atoms with Gasteiger partial charge >= 0.3 is 12.1 Å². The lowest BCUT2D eigenvalue weighted by Crippen LogP contribution is -2.42. The third-order valence-corrected chi connectivity index (χ3v) is 7.34. The first kappa shape index (κ1) is 22.8. The molecule has 32 heavy (non-hydrogen) atoms. The second kappa shape index (κ2) is 9.63. The Hall–Kier alpha value is -2.38. The molecule has 1 spiro atoms. The van der Waals surface area contributed by atoms with Crippen molar-refractivity contribution in [1.82, 2.24) is 4.90 Å². The Morgan fingerprint density at radius 2 is 1.75 bits per heavy atom. The number of hydrogen-bond donors (Lipinski definition) is 1. The van der Waals surface area contributed by atoms with E-state index in [1.807, 2.05) is 59.5 Å². The molecular formula is C25H28BrNO5. The molecule has 1 aliphatic heterocycles. The van der Waals surface area contributed by atoms with E-state index in [9.17, 15) is 14.7 Å². The lowest BCUT2D eigenvalue weighted by atomic mass is 9.66. The topological polar surface area (TPSA) is 76.1 Å². The molecule has 4 rings (SSSR count). The molecule has 0 aromatic heterocycles. The molecule has 1 amide bonds. The van der Waals surface area contributed by atoms with Gasteiger partial charge in [0.05, 0.1) is 5.60 Å². The van der Waals surface area contributed by atoms with Crippen molar-refractivity contribution in [2.45, 2.75) is 44.3 Å². The number of carboxylic acid groups (broad SMARTS) is 1. The number of aliphatic carboxylic acids is 1. The van der Waals surface area contributed by atoms with E-state index in [-0.39, 0.29) is 24.7 Å². The SMILES string of the molecule is O=C(O)COC1(c2cccc(Br)c2)CCC2(CCN(C(=O)OCc3ccccc3)C2)CC1. The highest BCUT2D eigenvalue weighted by atomic mass is 79.9. The molecule has 0 atom stereocenters. The summed E-state index contributed by atoms with van der Waals surface area (Å²) < 4.78 is 12.5. The number of nitrogens with zero attached hydrogens (tertiary/aromatic N) is 1. The van der Waals surface area contributed by atoms with Crippen LogP contribution in [0, 0.1) is 5.41 Å². The second-order valence-electron chi connectivity index (χ2n) is 8.90. The van der Waals surface area contributed by atoms with Gasteiger partial charge in [-0.1, -0.05) is 58.4 Å². The minimum Gasteiger partial charge on any atom is -0.480 e. The van der Waals surface area contributed by atoms with Gasteiger partial charge in [-0.05, 0) is 60.8 Å². The van der Waals surface area contributed by atoms with E-state index in [1.54, 1.807) is 0 Å². The van der Waals surface area contributed by atoms with E-state index in [2.05, 4.69) is 15.9 Å². The van der Waals surface area contributed by atoms with Crippen molar-refractivity contribution in [3.05, 3.63) is 70.2 Å². The summed E-state index contributed by atoms with van der Waals surface area (Å²) in [6.45, 7) is 1.32. The summed E-state index contributed by atoms with van der Waals surface area (Å²) in [4.78, 5) is 25.7. The Kier molecular flexibility index (Phi) is 6.86. The summed E-state index contributed by atoms with van der Waals surface area (Å²) in [5.41, 5.74) is 1.39. The maximum absolute atomic E-state index is 12.6. The molecule has 1 saturated carbocycles. The van der Waals surface area contributed by atoms with Crippen LogP contribution in [0.3, 0.4) is 0 Å². The lowest BCUT2D eigenvalue weighted by molar-refractivity contribution is -0.156. The monoisotopic (exact) mass is 501 g/mol. The molecule has 0 radical (unpaired) electrons. The van der Waals surface area contributed by atoms with Crippen LogP contribution in [0.15, 0.2) is 59.1 Å². The molecule has 0 unspecified atom stereocenters. The number of likely N-dealkylation sites (tertiary alicyclic amines) is 1. The molecule has 170 valence electrons. The first-order valence-electron chi connectivity index (χ1n) is 11.0. The summed E-state index contributed by atoms with van der Waals surface area (Å²) in [5, 5.41) is 9.20. The van der Waals surface area contributed by atoms with E-state index < -0.39 is 11.6 Å². The van der Waals surface area contributed by atoms with Crippen LogP contribution in [0.5, 0.6) is 0 Å². The average Bonchev–Trinajstić information content (AvgIpc) is 3.22. The van der Waals surface area contributed by atoms with Crippen LogP contribution in [-0.4, -0.2) is 41.8 Å². The summed E-state index contributed by atoms with van der Waals surface area (Å²) in [6.07, 6.45) is 3.87. The molecule has 2 aromatic carbocycles. The molecule has 2 fully saturated rings. The summed E-state index contributed by atoms with van der Waals surface area (Å²) in [7, 11) is 0. The van der Waals surface area contributed by atoms with E-state index in [4.69, 9.17) is 9.47 Å². The van der Waals surface area contributed by atoms with Gasteiger partial charge < -0.3 is 19.5 Å². The molecule has 1 aliphatic carbocycles. The van der Waals surface area contributed by atoms with Crippen LogP contribution in [0.4, 0.5) is 4.79 Å². The minimum atomic E-state index is -0.965. The maximum Gasteiger partial charge on any atom is 0.410 e. The van der Waals surface area contributed by atoms with Gasteiger partial charge in [0, 0.05) is 17.6 Å². The molecular weight excluding hydrogens is 474 g/mol. The van der Waals surface area contributed by atoms with Gasteiger partial charge in [-0.3, -0.25) is 0 Å². The number of rotatable bonds is 6. The first-order valence-corrected chi connectivity index (χ1v) is 11.8. The van der Waals surface area contributed by atoms with Crippen LogP contribution in [0.25, 0.3) is 0 Å². The highest BCUT2D eigenvalue weighted by Crippen LogP contribution is 2.51. The van der Waals surface area contributed by atoms with Gasteiger partial charge in [0.15, 0.2) is 0 Å². The zero-order valence-electron chi connectivity index (χ0n) is 18.0. The summed E-state index contributed by atoms with van der Waals surface area (Å²) in [5.74, 6) is -0.965. The Labute approximate surface area is 196 Å². The molecule has 2 aromatic rings. The van der Waals surface area contributed by atoms with Crippen molar-refractivity contribution in [3.8, 4) is 0 Å². The third kappa shape index (κ3) is 5.15. The average molecular weight is 502 g/mol. The maximum atomic E-state index is 12.6. The number of amides is 1. The minimum absolute atomic E-state index is 0.0356. The van der Waals surface area contributed by atoms with E-state index in [0.29, 0.717) is 13.1 Å². The fraction of sp³-hybridized carbons (Fsp3) is 0.440. The Balaban J connectivity index is 1.39. The lowest BCUT2D eigenvalue weighted by Gasteiger charge is -2.45. The Bertz CT molecular complexity index is 956. The number of carbonyl (C=O) groups excluding carboxylic acids is 1. The largest absolute Gasteiger partial charge is 0.480 e. The highest BCUT2D eigenvalue weighted by Gasteiger charge is 2.48. The van der Waals surface area contributed by atoms with Crippen LogP contribution >= 0.6 is 15.9 Å². The smallest absolute Gasteiger partial charge is 0.410 e. The number of carboxylic acids is 1. The molecule has 0 bridgehead atoms. The third-order valence-electron chi connectivity index (χ3n) is 6.84. The molecule has 1 saturated heterocycles. The Morgan fingerprint density at radius 1 is 1.00 bits per heavy atom. The van der Waals surface area contributed by atoms with Crippen molar-refractivity contribution in [1.29, 1.82) is 0 Å². The number of hydrogen-bond acceptors (Lipinski definition) is 4. The normalized spacial score (nSPS) is 25.1. The molecule has 1 N–H and O–H groups in total. The summed E-state index contributed by atoms with van der Waals surface area (Å²) >= 11 is 3.52. The van der Waals surface area contributed by atoms with Gasteiger partial charge in [-0.2, -0.15) is 0 Å². The van der Waals surface area contributed by atoms with Crippen LogP contribution in [0.1, 0.15) is 43.2 Å². The zero-order valence-corrected chi connectivity index (χ0v) is 19.6. The van der Waals surface area contributed by atoms with Crippen molar-refractivity contribution in [3.63, 3.8) is 0 Å². The predicted molar refractivity (Wildman–Crippen MR) is 123 cm³/mol. The number of benzene rings is 2. The zero-order chi connectivity index (χ0) is 22.6. The van der Waals surface area contributed by atoms with E-state index in [0.717, 1.165) is 47.7 Å². The second-order valence-corrected chi connectivity index (χ2v) is 9.81. The van der Waals surface area contributed by atoms with Crippen LogP contribution in [0.2, 0.25) is 0 Å². The molecule has 6 nitrogen and oxygen atoms in total. The number of carbonyl (C=O) groups is 2. The van der Waals surface area contributed by atoms with E-state index >= 15 is 0 Å². The fourth-order valence-corrected chi connectivity index (χ4v) is 5.38. The standard InChI is InChI=1S/C25H28BrNO5/c26-21-8-4-7-20(15-21)25(32-17-22(28)29)11-9-24(10-12-25)13-14-27(18-24)23(30)31-16-19-5-2-1-3-6-19/h1-8,15H,9-14,16-18H2,(H,28,29). The van der Waals surface area contributed by atoms with Gasteiger partial charge in [0.1, 0.15) is 13.2 Å². The van der Waals surface area contributed by atoms with Crippen molar-refractivity contribution >= 4 is 28.0 Å². The van der Waals surface area contributed by atoms with Crippen molar-refractivity contribution in [2.24, 2.45) is 5.41 Å². The van der Waals surface area contributed by atoms with Gasteiger partial charge in [0.2, 0.25) is 0 Å². The first-order chi connectivity index (χ1) is 15.4. The molecule has 1 heterocycles. The van der Waals surface area contributed by atoms with Crippen LogP contribution in [-0.2, 0) is 26.5 Å². The van der Waals surface area contributed by atoms with Gasteiger partial charge in [-0.25, -0.2) is 9.59 Å². The van der Waals surface area contributed by atoms with Crippen molar-refractivity contribution < 1.29 is 24.2 Å². The molecule has 7 heteroatoms. The van der Waals surface area contributed by atoms with Gasteiger partial charge in [0.25, 0.3) is 0 Å². The highest BCUT2D eigenvalue weighted by molar-refractivity contribution is 9.10. The molecule has 2 aliphatic rings. The Morgan fingerprint density at radius 3 is 2.44 bits per heavy atom. The van der Waals surface area contributed by atoms with Gasteiger partial charge in [-0.15, -0.1) is 0 Å². The number of halogens is 1. The van der Waals surface area contributed by atoms with Crippen molar-refractivity contribution in [2.75, 3.05) is 19.7 Å². The quantitative estimate of drug-likeness (QED) is 0.577. The number of ether oxygens (including phenoxy) is 2.